The molecule has 0 spiro atoms. The van der Waals surface area contributed by atoms with Crippen LogP contribution in [0.5, 0.6) is 11.5 Å². The molecule has 4 rings (SSSR count). The third-order valence-electron chi connectivity index (χ3n) is 4.84. The Hall–Kier alpha value is -2.98. The van der Waals surface area contributed by atoms with Crippen LogP contribution in [0.4, 0.5) is 0 Å². The van der Waals surface area contributed by atoms with Crippen LogP contribution in [0.25, 0.3) is 0 Å². The molecule has 148 valence electrons. The quantitative estimate of drug-likeness (QED) is 0.641. The van der Waals surface area contributed by atoms with Gasteiger partial charge in [0.15, 0.2) is 11.5 Å². The molecule has 1 atom stereocenters. The molecule has 1 aliphatic heterocycles. The minimum atomic E-state index is -0.112. The fraction of sp³-hybridized carbons (Fsp3) is 0.208. The van der Waals surface area contributed by atoms with Crippen LogP contribution in [-0.4, -0.2) is 19.1 Å². The van der Waals surface area contributed by atoms with Gasteiger partial charge in [-0.25, -0.2) is 0 Å². The Balaban J connectivity index is 1.50. The average molecular weight is 408 g/mol. The highest BCUT2D eigenvalue weighted by molar-refractivity contribution is 6.32. The molecule has 1 N–H and O–H groups in total. The van der Waals surface area contributed by atoms with E-state index in [0.29, 0.717) is 29.7 Å². The number of benzene rings is 3. The van der Waals surface area contributed by atoms with E-state index >= 15 is 0 Å². The van der Waals surface area contributed by atoms with Crippen molar-refractivity contribution in [3.05, 3.63) is 94.5 Å². The van der Waals surface area contributed by atoms with Crippen molar-refractivity contribution in [2.24, 2.45) is 0 Å². The Labute approximate surface area is 175 Å². The lowest BCUT2D eigenvalue weighted by atomic mass is 9.98. The number of hydrogen-bond donors (Lipinski definition) is 1. The third-order valence-corrected chi connectivity index (χ3v) is 5.12. The average Bonchev–Trinajstić information content (AvgIpc) is 2.75. The maximum Gasteiger partial charge on any atom is 0.224 e. The van der Waals surface area contributed by atoms with Crippen molar-refractivity contribution in [3.8, 4) is 11.5 Å². The first-order valence-corrected chi connectivity index (χ1v) is 10.0. The van der Waals surface area contributed by atoms with Gasteiger partial charge in [-0.3, -0.25) is 4.79 Å². The number of hydrogen-bond acceptors (Lipinski definition) is 3. The first kappa shape index (κ1) is 19.3. The second-order valence-electron chi connectivity index (χ2n) is 7.00. The number of amides is 1. The van der Waals surface area contributed by atoms with E-state index in [1.54, 1.807) is 6.07 Å². The summed E-state index contributed by atoms with van der Waals surface area (Å²) in [4.78, 5) is 12.8. The van der Waals surface area contributed by atoms with Crippen molar-refractivity contribution in [2.45, 2.75) is 18.9 Å². The zero-order valence-electron chi connectivity index (χ0n) is 15.9. The van der Waals surface area contributed by atoms with Gasteiger partial charge in [0.2, 0.25) is 5.91 Å². The van der Waals surface area contributed by atoms with Crippen molar-refractivity contribution in [3.63, 3.8) is 0 Å². The van der Waals surface area contributed by atoms with Gasteiger partial charge in [-0.15, -0.1) is 0 Å². The summed E-state index contributed by atoms with van der Waals surface area (Å²) >= 11 is 6.30. The van der Waals surface area contributed by atoms with Crippen molar-refractivity contribution >= 4 is 17.5 Å². The molecular formula is C24H22ClNO3. The molecule has 0 saturated heterocycles. The number of nitrogens with one attached hydrogen (secondary N) is 1. The first-order chi connectivity index (χ1) is 14.2. The molecule has 0 saturated carbocycles. The molecule has 1 heterocycles. The third kappa shape index (κ3) is 4.90. The predicted octanol–water partition coefficient (Wildman–Crippen LogP) is 4.75. The Bertz CT molecular complexity index is 976. The zero-order valence-corrected chi connectivity index (χ0v) is 16.7. The maximum absolute atomic E-state index is 12.8. The van der Waals surface area contributed by atoms with Gasteiger partial charge >= 0.3 is 0 Å². The molecular weight excluding hydrogens is 386 g/mol. The highest BCUT2D eigenvalue weighted by Gasteiger charge is 2.19. The summed E-state index contributed by atoms with van der Waals surface area (Å²) in [5.41, 5.74) is 3.04. The number of halogens is 1. The Morgan fingerprint density at radius 2 is 1.62 bits per heavy atom. The van der Waals surface area contributed by atoms with E-state index in [1.807, 2.05) is 54.6 Å². The van der Waals surface area contributed by atoms with Crippen molar-refractivity contribution in [1.82, 2.24) is 5.32 Å². The molecule has 1 aliphatic rings. The van der Waals surface area contributed by atoms with Gasteiger partial charge in [-0.1, -0.05) is 72.3 Å². The highest BCUT2D eigenvalue weighted by Crippen LogP contribution is 2.38. The molecule has 1 amide bonds. The van der Waals surface area contributed by atoms with E-state index < -0.39 is 0 Å². The summed E-state index contributed by atoms with van der Waals surface area (Å²) in [6.45, 7) is 0.955. The smallest absolute Gasteiger partial charge is 0.224 e. The van der Waals surface area contributed by atoms with Crippen molar-refractivity contribution in [2.75, 3.05) is 13.2 Å². The van der Waals surface area contributed by atoms with Crippen LogP contribution in [0, 0.1) is 0 Å². The molecule has 1 unspecified atom stereocenters. The van der Waals surface area contributed by atoms with Crippen molar-refractivity contribution < 1.29 is 14.3 Å². The Kier molecular flexibility index (Phi) is 6.01. The van der Waals surface area contributed by atoms with E-state index in [4.69, 9.17) is 21.1 Å². The van der Waals surface area contributed by atoms with E-state index in [9.17, 15) is 4.79 Å². The molecule has 0 bridgehead atoms. The Morgan fingerprint density at radius 1 is 0.931 bits per heavy atom. The summed E-state index contributed by atoms with van der Waals surface area (Å²) < 4.78 is 11.2. The normalized spacial score (nSPS) is 13.6. The second kappa shape index (κ2) is 9.01. The van der Waals surface area contributed by atoms with Crippen molar-refractivity contribution in [1.29, 1.82) is 0 Å². The van der Waals surface area contributed by atoms with Gasteiger partial charge in [0, 0.05) is 0 Å². The van der Waals surface area contributed by atoms with Crippen LogP contribution in [0.15, 0.2) is 72.8 Å². The molecule has 4 nitrogen and oxygen atoms in total. The lowest BCUT2D eigenvalue weighted by molar-refractivity contribution is -0.121. The number of fused-ring (bicyclic) bond motifs is 1. The summed E-state index contributed by atoms with van der Waals surface area (Å²) in [5.74, 6) is 1.08. The second-order valence-corrected chi connectivity index (χ2v) is 7.41. The zero-order chi connectivity index (χ0) is 20.1. The minimum absolute atomic E-state index is 0.0671. The lowest BCUT2D eigenvalue weighted by Gasteiger charge is -2.21. The van der Waals surface area contributed by atoms with Crippen LogP contribution in [0.2, 0.25) is 5.02 Å². The molecule has 29 heavy (non-hydrogen) atoms. The van der Waals surface area contributed by atoms with Gasteiger partial charge in [0.1, 0.15) is 13.2 Å². The molecule has 0 radical (unpaired) electrons. The Morgan fingerprint density at radius 3 is 2.38 bits per heavy atom. The highest BCUT2D eigenvalue weighted by atomic mass is 35.5. The summed E-state index contributed by atoms with van der Waals surface area (Å²) in [6.07, 6.45) is 0.937. The van der Waals surface area contributed by atoms with Crippen LogP contribution >= 0.6 is 11.6 Å². The number of ether oxygens (including phenoxy) is 2. The molecule has 3 aromatic carbocycles. The van der Waals surface area contributed by atoms with Crippen LogP contribution in [0.1, 0.15) is 22.7 Å². The summed E-state index contributed by atoms with van der Waals surface area (Å²) in [7, 11) is 0. The molecule has 5 heteroatoms. The standard InChI is InChI=1S/C24H22ClNO3/c25-20-13-18(15-22-24(20)29-12-11-28-22)16-23(27)26-21(19-9-5-2-6-10-19)14-17-7-3-1-4-8-17/h1-10,13,15,21H,11-12,14,16H2,(H,26,27). The minimum Gasteiger partial charge on any atom is -0.486 e. The largest absolute Gasteiger partial charge is 0.486 e. The van der Waals surface area contributed by atoms with Crippen LogP contribution in [0.3, 0.4) is 0 Å². The van der Waals surface area contributed by atoms with Gasteiger partial charge in [0.25, 0.3) is 0 Å². The van der Waals surface area contributed by atoms with E-state index in [1.165, 1.54) is 5.56 Å². The van der Waals surface area contributed by atoms with Gasteiger partial charge in [-0.05, 0) is 35.2 Å². The molecule has 3 aromatic rings. The molecule has 0 aromatic heterocycles. The van der Waals surface area contributed by atoms with E-state index in [2.05, 4.69) is 17.4 Å². The predicted molar refractivity (Wildman–Crippen MR) is 114 cm³/mol. The summed E-state index contributed by atoms with van der Waals surface area (Å²) in [6, 6.07) is 23.7. The number of carbonyl (C=O) groups excluding carboxylic acids is 1. The molecule has 0 aliphatic carbocycles. The topological polar surface area (TPSA) is 47.6 Å². The van der Waals surface area contributed by atoms with Gasteiger partial charge < -0.3 is 14.8 Å². The lowest BCUT2D eigenvalue weighted by Crippen LogP contribution is -2.31. The summed E-state index contributed by atoms with van der Waals surface area (Å²) in [5, 5.41) is 3.64. The fourth-order valence-electron chi connectivity index (χ4n) is 3.48. The van der Waals surface area contributed by atoms with Crippen LogP contribution in [-0.2, 0) is 17.6 Å². The molecule has 0 fully saturated rings. The number of carbonyl (C=O) groups is 1. The van der Waals surface area contributed by atoms with Gasteiger partial charge in [0.05, 0.1) is 17.5 Å². The van der Waals surface area contributed by atoms with Gasteiger partial charge in [-0.2, -0.15) is 0 Å². The van der Waals surface area contributed by atoms with Crippen LogP contribution < -0.4 is 14.8 Å². The number of rotatable bonds is 6. The van der Waals surface area contributed by atoms with E-state index in [0.717, 1.165) is 17.5 Å². The first-order valence-electron chi connectivity index (χ1n) is 9.65. The fourth-order valence-corrected chi connectivity index (χ4v) is 3.77. The maximum atomic E-state index is 12.8. The van der Waals surface area contributed by atoms with E-state index in [-0.39, 0.29) is 18.4 Å². The monoisotopic (exact) mass is 407 g/mol. The SMILES string of the molecule is O=C(Cc1cc(Cl)c2c(c1)OCCO2)NC(Cc1ccccc1)c1ccccc1.